The molecule has 2 aromatic rings. The summed E-state index contributed by atoms with van der Waals surface area (Å²) < 4.78 is 13.3. The number of hydrogen-bond donors (Lipinski definition) is 3. The minimum atomic E-state index is -0.338. The lowest BCUT2D eigenvalue weighted by Gasteiger charge is -2.25. The zero-order chi connectivity index (χ0) is 21.6. The van der Waals surface area contributed by atoms with Gasteiger partial charge in [0.25, 0.3) is 5.91 Å². The number of aromatic hydroxyl groups is 1. The van der Waals surface area contributed by atoms with Gasteiger partial charge in [0.1, 0.15) is 11.5 Å². The van der Waals surface area contributed by atoms with Gasteiger partial charge in [-0.15, -0.1) is 0 Å². The van der Waals surface area contributed by atoms with E-state index in [1.165, 1.54) is 23.1 Å². The van der Waals surface area contributed by atoms with Crippen molar-refractivity contribution >= 4 is 17.4 Å². The summed E-state index contributed by atoms with van der Waals surface area (Å²) in [6, 6.07) is 10.9. The molecular weight excluding hydrogens is 373 g/mol. The largest absolute Gasteiger partial charge is 0.505 e. The Labute approximate surface area is 170 Å². The maximum atomic E-state index is 13.3. The predicted octanol–water partition coefficient (Wildman–Crippen LogP) is 3.65. The summed E-state index contributed by atoms with van der Waals surface area (Å²) in [5.74, 6) is -0.985. The van der Waals surface area contributed by atoms with E-state index in [1.54, 1.807) is 38.4 Å². The van der Waals surface area contributed by atoms with E-state index >= 15 is 0 Å². The van der Waals surface area contributed by atoms with E-state index in [9.17, 15) is 19.1 Å². The second kappa shape index (κ2) is 9.73. The number of carbonyl (C=O) groups excluding carboxylic acids is 2. The molecule has 0 atom stereocenters. The summed E-state index contributed by atoms with van der Waals surface area (Å²) in [6.07, 6.45) is 0.231. The van der Waals surface area contributed by atoms with Gasteiger partial charge in [0.05, 0.1) is 17.7 Å². The van der Waals surface area contributed by atoms with Crippen molar-refractivity contribution in [3.8, 4) is 5.75 Å². The Morgan fingerprint density at radius 3 is 2.48 bits per heavy atom. The van der Waals surface area contributed by atoms with Gasteiger partial charge in [-0.05, 0) is 29.8 Å². The number of nitrogens with zero attached hydrogens (tertiary/aromatic N) is 1. The molecule has 0 aliphatic heterocycles. The molecule has 154 valence electrons. The van der Waals surface area contributed by atoms with Crippen LogP contribution in [0.2, 0.25) is 0 Å². The van der Waals surface area contributed by atoms with Crippen LogP contribution in [0.4, 0.5) is 10.1 Å². The standard InChI is InChI=1S/C20H20FN3O3.C2H6/c1-24(2)20(27)14-7-4-8-15(19(14)26)23-18-16(10-17(18)25)22-11-12-5-3-6-13(21)9-12;1-2/h3-9,22-23,26H,10-11H2,1-2H3;1-2H3. The van der Waals surface area contributed by atoms with E-state index in [4.69, 9.17) is 0 Å². The van der Waals surface area contributed by atoms with Crippen LogP contribution in [0.15, 0.2) is 53.9 Å². The highest BCUT2D eigenvalue weighted by Gasteiger charge is 2.28. The zero-order valence-corrected chi connectivity index (χ0v) is 17.0. The van der Waals surface area contributed by atoms with Crippen molar-refractivity contribution in [3.63, 3.8) is 0 Å². The van der Waals surface area contributed by atoms with Crippen LogP contribution in [-0.2, 0) is 11.3 Å². The molecule has 0 radical (unpaired) electrons. The number of phenols is 1. The molecule has 1 aliphatic carbocycles. The first kappa shape index (κ1) is 21.9. The van der Waals surface area contributed by atoms with E-state index in [2.05, 4.69) is 10.6 Å². The van der Waals surface area contributed by atoms with Gasteiger partial charge in [0.2, 0.25) is 0 Å². The number of anilines is 1. The summed E-state index contributed by atoms with van der Waals surface area (Å²) in [4.78, 5) is 25.5. The molecule has 1 aliphatic rings. The molecule has 0 unspecified atom stereocenters. The third-order valence-electron chi connectivity index (χ3n) is 4.25. The minimum Gasteiger partial charge on any atom is -0.505 e. The van der Waals surface area contributed by atoms with E-state index in [1.807, 2.05) is 13.8 Å². The van der Waals surface area contributed by atoms with E-state index in [-0.39, 0.29) is 40.9 Å². The van der Waals surface area contributed by atoms with Crippen molar-refractivity contribution in [2.75, 3.05) is 19.4 Å². The molecule has 0 saturated carbocycles. The normalized spacial score (nSPS) is 12.5. The van der Waals surface area contributed by atoms with Crippen molar-refractivity contribution in [1.82, 2.24) is 10.2 Å². The molecule has 0 fully saturated rings. The summed E-state index contributed by atoms with van der Waals surface area (Å²) in [7, 11) is 3.18. The number of nitrogens with one attached hydrogen (secondary N) is 2. The Morgan fingerprint density at radius 1 is 1.17 bits per heavy atom. The number of phenolic OH excluding ortho intramolecular Hbond substituents is 1. The van der Waals surface area contributed by atoms with Gasteiger partial charge in [-0.1, -0.05) is 32.0 Å². The molecule has 0 aromatic heterocycles. The molecule has 3 rings (SSSR count). The number of benzene rings is 2. The number of halogens is 1. The van der Waals surface area contributed by atoms with Crippen LogP contribution in [0, 0.1) is 5.82 Å². The van der Waals surface area contributed by atoms with Crippen LogP contribution in [0.25, 0.3) is 0 Å². The minimum absolute atomic E-state index is 0.111. The Morgan fingerprint density at radius 2 is 1.86 bits per heavy atom. The molecular formula is C22H26FN3O3. The Balaban J connectivity index is 0.00000145. The first-order valence-corrected chi connectivity index (χ1v) is 9.42. The number of hydrogen-bond acceptors (Lipinski definition) is 5. The van der Waals surface area contributed by atoms with Gasteiger partial charge < -0.3 is 20.6 Å². The molecule has 0 bridgehead atoms. The number of para-hydroxylation sites is 1. The number of ketones is 1. The van der Waals surface area contributed by atoms with E-state index in [0.717, 1.165) is 5.56 Å². The smallest absolute Gasteiger partial charge is 0.257 e. The van der Waals surface area contributed by atoms with Crippen molar-refractivity contribution in [1.29, 1.82) is 0 Å². The zero-order valence-electron chi connectivity index (χ0n) is 17.0. The molecule has 0 heterocycles. The Bertz CT molecular complexity index is 939. The van der Waals surface area contributed by atoms with Gasteiger partial charge in [0.15, 0.2) is 11.5 Å². The number of Topliss-reactive ketones (excluding diaryl/α,β-unsaturated/α-hetero) is 1. The molecule has 0 saturated heterocycles. The second-order valence-electron chi connectivity index (χ2n) is 6.46. The highest BCUT2D eigenvalue weighted by atomic mass is 19.1. The first-order valence-electron chi connectivity index (χ1n) is 9.42. The molecule has 1 amide bonds. The van der Waals surface area contributed by atoms with Gasteiger partial charge >= 0.3 is 0 Å². The van der Waals surface area contributed by atoms with E-state index in [0.29, 0.717) is 17.9 Å². The SMILES string of the molecule is CC.CN(C)C(=O)c1cccc(NC2=C(NCc3cccc(F)c3)CC2=O)c1O. The van der Waals surface area contributed by atoms with Crippen molar-refractivity contribution < 1.29 is 19.1 Å². The molecule has 29 heavy (non-hydrogen) atoms. The third-order valence-corrected chi connectivity index (χ3v) is 4.25. The lowest BCUT2D eigenvalue weighted by molar-refractivity contribution is -0.116. The summed E-state index contributed by atoms with van der Waals surface area (Å²) in [5, 5.41) is 16.4. The third kappa shape index (κ3) is 5.13. The monoisotopic (exact) mass is 399 g/mol. The summed E-state index contributed by atoms with van der Waals surface area (Å²) in [5.41, 5.74) is 2.18. The van der Waals surface area contributed by atoms with Crippen molar-refractivity contribution in [2.45, 2.75) is 26.8 Å². The topological polar surface area (TPSA) is 81.7 Å². The molecule has 7 heteroatoms. The van der Waals surface area contributed by atoms with Crippen LogP contribution >= 0.6 is 0 Å². The lowest BCUT2D eigenvalue weighted by Crippen LogP contribution is -2.32. The fraction of sp³-hybridized carbons (Fsp3) is 0.273. The van der Waals surface area contributed by atoms with Gasteiger partial charge in [0, 0.05) is 26.3 Å². The Kier molecular flexibility index (Phi) is 7.36. The maximum absolute atomic E-state index is 13.3. The summed E-state index contributed by atoms with van der Waals surface area (Å²) in [6.45, 7) is 4.37. The van der Waals surface area contributed by atoms with Gasteiger partial charge in [-0.25, -0.2) is 4.39 Å². The van der Waals surface area contributed by atoms with E-state index < -0.39 is 0 Å². The molecule has 3 N–H and O–H groups in total. The van der Waals surface area contributed by atoms with Crippen LogP contribution in [0.3, 0.4) is 0 Å². The number of carbonyl (C=O) groups is 2. The van der Waals surface area contributed by atoms with Crippen LogP contribution < -0.4 is 10.6 Å². The fourth-order valence-electron chi connectivity index (χ4n) is 2.74. The second-order valence-corrected chi connectivity index (χ2v) is 6.46. The van der Waals surface area contributed by atoms with Crippen molar-refractivity contribution in [3.05, 3.63) is 70.8 Å². The molecule has 2 aromatic carbocycles. The highest BCUT2D eigenvalue weighted by molar-refractivity contribution is 6.07. The number of rotatable bonds is 6. The average Bonchev–Trinajstić information content (AvgIpc) is 2.71. The van der Waals surface area contributed by atoms with Gasteiger partial charge in [-0.2, -0.15) is 0 Å². The molecule has 6 nitrogen and oxygen atoms in total. The van der Waals surface area contributed by atoms with Crippen LogP contribution in [0.5, 0.6) is 5.75 Å². The average molecular weight is 399 g/mol. The fourth-order valence-corrected chi connectivity index (χ4v) is 2.74. The summed E-state index contributed by atoms with van der Waals surface area (Å²) >= 11 is 0. The first-order chi connectivity index (χ1) is 13.9. The molecule has 0 spiro atoms. The Hall–Kier alpha value is -3.35. The maximum Gasteiger partial charge on any atom is 0.257 e. The van der Waals surface area contributed by atoms with Gasteiger partial charge in [-0.3, -0.25) is 9.59 Å². The van der Waals surface area contributed by atoms with Crippen molar-refractivity contribution in [2.24, 2.45) is 0 Å². The quantitative estimate of drug-likeness (QED) is 0.646. The lowest BCUT2D eigenvalue weighted by atomic mass is 9.98. The predicted molar refractivity (Wildman–Crippen MR) is 111 cm³/mol. The highest BCUT2D eigenvalue weighted by Crippen LogP contribution is 2.32. The number of allylic oxidation sites excluding steroid dienone is 2. The number of amides is 1. The van der Waals surface area contributed by atoms with Crippen LogP contribution in [0.1, 0.15) is 36.2 Å². The van der Waals surface area contributed by atoms with Crippen LogP contribution in [-0.4, -0.2) is 35.8 Å².